The van der Waals surface area contributed by atoms with Gasteiger partial charge in [0.2, 0.25) is 5.91 Å². The number of anilines is 1. The lowest BCUT2D eigenvalue weighted by Crippen LogP contribution is -2.28. The molecule has 0 saturated heterocycles. The Bertz CT molecular complexity index is 356. The van der Waals surface area contributed by atoms with E-state index in [1.807, 2.05) is 18.2 Å². The zero-order valence-electron chi connectivity index (χ0n) is 7.29. The van der Waals surface area contributed by atoms with Crippen LogP contribution >= 0.6 is 0 Å². The number of hydrogen-bond donors (Lipinski definition) is 2. The van der Waals surface area contributed by atoms with Crippen LogP contribution in [0, 0.1) is 0 Å². The number of rotatable bonds is 2. The van der Waals surface area contributed by atoms with Crippen molar-refractivity contribution in [3.63, 3.8) is 0 Å². The molecule has 1 aliphatic rings. The van der Waals surface area contributed by atoms with Gasteiger partial charge in [0.05, 0.1) is 5.41 Å². The summed E-state index contributed by atoms with van der Waals surface area (Å²) in [6.07, 6.45) is 1.71. The molecule has 2 rings (SSSR count). The molecule has 0 radical (unpaired) electrons. The van der Waals surface area contributed by atoms with E-state index in [9.17, 15) is 4.79 Å². The Morgan fingerprint density at radius 1 is 1.38 bits per heavy atom. The molecule has 68 valence electrons. The van der Waals surface area contributed by atoms with Crippen molar-refractivity contribution >= 4 is 11.6 Å². The van der Waals surface area contributed by atoms with E-state index in [4.69, 9.17) is 11.5 Å². The lowest BCUT2D eigenvalue weighted by atomic mass is 9.95. The second-order valence-electron chi connectivity index (χ2n) is 3.57. The fourth-order valence-corrected chi connectivity index (χ4v) is 1.64. The lowest BCUT2D eigenvalue weighted by Gasteiger charge is -2.11. The minimum atomic E-state index is -0.407. The van der Waals surface area contributed by atoms with Crippen LogP contribution in [-0.2, 0) is 10.2 Å². The van der Waals surface area contributed by atoms with E-state index in [0.717, 1.165) is 18.4 Å². The maximum atomic E-state index is 11.2. The average Bonchev–Trinajstić information content (AvgIpc) is 2.83. The lowest BCUT2D eigenvalue weighted by molar-refractivity contribution is -0.120. The minimum Gasteiger partial charge on any atom is -0.399 e. The Labute approximate surface area is 76.7 Å². The van der Waals surface area contributed by atoms with Gasteiger partial charge in [0.15, 0.2) is 0 Å². The van der Waals surface area contributed by atoms with Gasteiger partial charge in [-0.25, -0.2) is 0 Å². The minimum absolute atomic E-state index is 0.238. The number of nitrogen functional groups attached to an aromatic ring is 1. The molecule has 0 atom stereocenters. The van der Waals surface area contributed by atoms with Crippen LogP contribution in [-0.4, -0.2) is 5.91 Å². The summed E-state index contributed by atoms with van der Waals surface area (Å²) >= 11 is 0. The number of carbonyl (C=O) groups excluding carboxylic acids is 1. The fourth-order valence-electron chi connectivity index (χ4n) is 1.64. The van der Waals surface area contributed by atoms with Crippen LogP contribution in [0.4, 0.5) is 5.69 Å². The molecule has 3 nitrogen and oxygen atoms in total. The van der Waals surface area contributed by atoms with Gasteiger partial charge in [0, 0.05) is 5.69 Å². The first kappa shape index (κ1) is 8.10. The summed E-state index contributed by atoms with van der Waals surface area (Å²) in [4.78, 5) is 11.2. The molecule has 4 N–H and O–H groups in total. The number of benzene rings is 1. The quantitative estimate of drug-likeness (QED) is 0.654. The fraction of sp³-hybridized carbons (Fsp3) is 0.300. The zero-order valence-corrected chi connectivity index (χ0v) is 7.29. The van der Waals surface area contributed by atoms with E-state index in [2.05, 4.69) is 0 Å². The van der Waals surface area contributed by atoms with Crippen molar-refractivity contribution in [1.82, 2.24) is 0 Å². The highest BCUT2D eigenvalue weighted by Gasteiger charge is 2.49. The summed E-state index contributed by atoms with van der Waals surface area (Å²) in [5, 5.41) is 0. The third-order valence-corrected chi connectivity index (χ3v) is 2.66. The third-order valence-electron chi connectivity index (χ3n) is 2.66. The predicted octanol–water partition coefficient (Wildman–Crippen LogP) is 0.786. The summed E-state index contributed by atoms with van der Waals surface area (Å²) in [6, 6.07) is 7.40. The van der Waals surface area contributed by atoms with Crippen molar-refractivity contribution in [2.24, 2.45) is 5.73 Å². The molecular formula is C10H12N2O. The largest absolute Gasteiger partial charge is 0.399 e. The van der Waals surface area contributed by atoms with Gasteiger partial charge < -0.3 is 11.5 Å². The molecule has 3 heteroatoms. The monoisotopic (exact) mass is 176 g/mol. The molecule has 1 fully saturated rings. The topological polar surface area (TPSA) is 69.1 Å². The molecular weight excluding hydrogens is 164 g/mol. The molecule has 0 heterocycles. The van der Waals surface area contributed by atoms with E-state index in [0.29, 0.717) is 5.69 Å². The normalized spacial score (nSPS) is 18.2. The second-order valence-corrected chi connectivity index (χ2v) is 3.57. The first-order chi connectivity index (χ1) is 6.15. The number of primary amides is 1. The van der Waals surface area contributed by atoms with E-state index in [1.54, 1.807) is 6.07 Å². The van der Waals surface area contributed by atoms with Gasteiger partial charge >= 0.3 is 0 Å². The Morgan fingerprint density at radius 3 is 2.54 bits per heavy atom. The third kappa shape index (κ3) is 1.16. The van der Waals surface area contributed by atoms with Crippen molar-refractivity contribution in [1.29, 1.82) is 0 Å². The number of carbonyl (C=O) groups is 1. The Hall–Kier alpha value is -1.51. The first-order valence-electron chi connectivity index (χ1n) is 4.31. The Balaban J connectivity index is 2.41. The van der Waals surface area contributed by atoms with Gasteiger partial charge in [-0.3, -0.25) is 4.79 Å². The van der Waals surface area contributed by atoms with Gasteiger partial charge in [-0.05, 0) is 30.5 Å². The highest BCUT2D eigenvalue weighted by Crippen LogP contribution is 2.48. The van der Waals surface area contributed by atoms with Crippen molar-refractivity contribution < 1.29 is 4.79 Å². The molecule has 1 aliphatic carbocycles. The summed E-state index contributed by atoms with van der Waals surface area (Å²) in [5.41, 5.74) is 12.2. The maximum Gasteiger partial charge on any atom is 0.228 e. The molecule has 0 aliphatic heterocycles. The highest BCUT2D eigenvalue weighted by molar-refractivity contribution is 5.90. The molecule has 0 aromatic heterocycles. The van der Waals surface area contributed by atoms with Gasteiger partial charge in [0.25, 0.3) is 0 Å². The van der Waals surface area contributed by atoms with Gasteiger partial charge in [0.1, 0.15) is 0 Å². The van der Waals surface area contributed by atoms with Crippen LogP contribution in [0.3, 0.4) is 0 Å². The molecule has 1 aromatic carbocycles. The molecule has 0 spiro atoms. The number of amides is 1. The van der Waals surface area contributed by atoms with Crippen LogP contribution in [0.25, 0.3) is 0 Å². The zero-order chi connectivity index (χ0) is 9.47. The first-order valence-corrected chi connectivity index (χ1v) is 4.31. The Morgan fingerprint density at radius 2 is 2.08 bits per heavy atom. The van der Waals surface area contributed by atoms with Crippen LogP contribution in [0.1, 0.15) is 18.4 Å². The van der Waals surface area contributed by atoms with E-state index >= 15 is 0 Å². The smallest absolute Gasteiger partial charge is 0.228 e. The van der Waals surface area contributed by atoms with Crippen LogP contribution in [0.15, 0.2) is 24.3 Å². The average molecular weight is 176 g/mol. The number of nitrogens with two attached hydrogens (primary N) is 2. The maximum absolute atomic E-state index is 11.2. The van der Waals surface area contributed by atoms with Crippen LogP contribution in [0.5, 0.6) is 0 Å². The highest BCUT2D eigenvalue weighted by atomic mass is 16.1. The van der Waals surface area contributed by atoms with E-state index in [1.165, 1.54) is 0 Å². The van der Waals surface area contributed by atoms with Crippen molar-refractivity contribution in [3.05, 3.63) is 29.8 Å². The van der Waals surface area contributed by atoms with Crippen LogP contribution in [0.2, 0.25) is 0 Å². The molecule has 1 aromatic rings. The molecule has 0 unspecified atom stereocenters. The van der Waals surface area contributed by atoms with Gasteiger partial charge in [-0.1, -0.05) is 12.1 Å². The molecule has 0 bridgehead atoms. The molecule has 1 amide bonds. The van der Waals surface area contributed by atoms with Crippen molar-refractivity contribution in [2.75, 3.05) is 5.73 Å². The van der Waals surface area contributed by atoms with Gasteiger partial charge in [-0.2, -0.15) is 0 Å². The number of hydrogen-bond acceptors (Lipinski definition) is 2. The van der Waals surface area contributed by atoms with Crippen molar-refractivity contribution in [3.8, 4) is 0 Å². The Kier molecular flexibility index (Phi) is 1.55. The summed E-state index contributed by atoms with van der Waals surface area (Å²) in [6.45, 7) is 0. The standard InChI is InChI=1S/C10H12N2O/c11-8-3-1-2-7(6-8)10(4-5-10)9(12)13/h1-3,6H,4-5,11H2,(H2,12,13). The second kappa shape index (κ2) is 2.49. The predicted molar refractivity (Wildman–Crippen MR) is 51.0 cm³/mol. The van der Waals surface area contributed by atoms with Crippen molar-refractivity contribution in [2.45, 2.75) is 18.3 Å². The molecule has 1 saturated carbocycles. The van der Waals surface area contributed by atoms with Crippen LogP contribution < -0.4 is 11.5 Å². The summed E-state index contributed by atoms with van der Waals surface area (Å²) < 4.78 is 0. The summed E-state index contributed by atoms with van der Waals surface area (Å²) in [7, 11) is 0. The van der Waals surface area contributed by atoms with Gasteiger partial charge in [-0.15, -0.1) is 0 Å². The summed E-state index contributed by atoms with van der Waals surface area (Å²) in [5.74, 6) is -0.238. The molecule has 13 heavy (non-hydrogen) atoms. The van der Waals surface area contributed by atoms with E-state index in [-0.39, 0.29) is 5.91 Å². The SMILES string of the molecule is NC(=O)C1(c2cccc(N)c2)CC1. The van der Waals surface area contributed by atoms with E-state index < -0.39 is 5.41 Å².